The van der Waals surface area contributed by atoms with Crippen molar-refractivity contribution < 1.29 is 4.79 Å². The fourth-order valence-corrected chi connectivity index (χ4v) is 4.11. The number of thiophene rings is 1. The molecule has 7 heteroatoms. The van der Waals surface area contributed by atoms with E-state index in [1.54, 1.807) is 0 Å². The molecule has 3 aromatic rings. The molecule has 0 aliphatic carbocycles. The van der Waals surface area contributed by atoms with Gasteiger partial charge in [-0.1, -0.05) is 0 Å². The summed E-state index contributed by atoms with van der Waals surface area (Å²) in [5.74, 6) is 0.589. The van der Waals surface area contributed by atoms with Crippen molar-refractivity contribution in [1.82, 2.24) is 15.0 Å². The van der Waals surface area contributed by atoms with E-state index in [1.165, 1.54) is 22.7 Å². The third-order valence-corrected chi connectivity index (χ3v) is 5.19. The van der Waals surface area contributed by atoms with Crippen LogP contribution in [0, 0.1) is 27.7 Å². The molecular formula is C14H14N4OS2. The van der Waals surface area contributed by atoms with Crippen molar-refractivity contribution in [3.63, 3.8) is 0 Å². The minimum absolute atomic E-state index is 0.137. The Morgan fingerprint density at radius 3 is 2.57 bits per heavy atom. The lowest BCUT2D eigenvalue weighted by atomic mass is 10.1. The highest BCUT2D eigenvalue weighted by molar-refractivity contribution is 7.21. The van der Waals surface area contributed by atoms with Crippen molar-refractivity contribution in [3.05, 3.63) is 33.0 Å². The van der Waals surface area contributed by atoms with Gasteiger partial charge in [0.25, 0.3) is 5.91 Å². The maximum Gasteiger partial charge on any atom is 0.267 e. The van der Waals surface area contributed by atoms with Crippen LogP contribution in [0.3, 0.4) is 0 Å². The lowest BCUT2D eigenvalue weighted by Gasteiger charge is -2.01. The van der Waals surface area contributed by atoms with Gasteiger partial charge in [-0.15, -0.1) is 22.7 Å². The summed E-state index contributed by atoms with van der Waals surface area (Å²) in [6.45, 7) is 7.65. The number of anilines is 1. The van der Waals surface area contributed by atoms with Gasteiger partial charge in [-0.3, -0.25) is 10.1 Å². The van der Waals surface area contributed by atoms with Gasteiger partial charge in [0.05, 0.1) is 10.6 Å². The minimum atomic E-state index is -0.137. The highest BCUT2D eigenvalue weighted by Crippen LogP contribution is 2.31. The quantitative estimate of drug-likeness (QED) is 0.783. The largest absolute Gasteiger partial charge is 0.297 e. The standard InChI is InChI=1S/C14H14N4OS2/c1-6-5-20-14(15-6)18-12(19)11-7(2)10-8(3)16-9(4)17-13(10)21-11/h5H,1-4H3,(H,15,18,19). The molecule has 3 heterocycles. The SMILES string of the molecule is Cc1csc(NC(=O)c2sc3nc(C)nc(C)c3c2C)n1. The molecular weight excluding hydrogens is 304 g/mol. The van der Waals surface area contributed by atoms with E-state index in [0.717, 1.165) is 33.0 Å². The normalized spacial score (nSPS) is 11.0. The van der Waals surface area contributed by atoms with E-state index in [-0.39, 0.29) is 5.91 Å². The Hall–Kier alpha value is -1.86. The molecule has 0 aliphatic heterocycles. The van der Waals surface area contributed by atoms with Crippen molar-refractivity contribution in [3.8, 4) is 0 Å². The highest BCUT2D eigenvalue weighted by atomic mass is 32.1. The van der Waals surface area contributed by atoms with E-state index in [9.17, 15) is 4.79 Å². The Labute approximate surface area is 130 Å². The molecule has 3 aromatic heterocycles. The number of carbonyl (C=O) groups excluding carboxylic acids is 1. The van der Waals surface area contributed by atoms with Gasteiger partial charge < -0.3 is 0 Å². The Kier molecular flexibility index (Phi) is 3.46. The maximum absolute atomic E-state index is 12.4. The number of nitrogens with zero attached hydrogens (tertiary/aromatic N) is 3. The van der Waals surface area contributed by atoms with Crippen molar-refractivity contribution in [1.29, 1.82) is 0 Å². The lowest BCUT2D eigenvalue weighted by Crippen LogP contribution is -2.11. The summed E-state index contributed by atoms with van der Waals surface area (Å²) in [6, 6.07) is 0. The number of rotatable bonds is 2. The summed E-state index contributed by atoms with van der Waals surface area (Å²) >= 11 is 2.82. The van der Waals surface area contributed by atoms with Crippen LogP contribution in [0.4, 0.5) is 5.13 Å². The first-order valence-corrected chi connectivity index (χ1v) is 8.13. The van der Waals surface area contributed by atoms with Gasteiger partial charge in [-0.2, -0.15) is 0 Å². The van der Waals surface area contributed by atoms with E-state index in [0.29, 0.717) is 10.0 Å². The molecule has 21 heavy (non-hydrogen) atoms. The lowest BCUT2D eigenvalue weighted by molar-refractivity contribution is 0.103. The number of thiazole rings is 1. The Morgan fingerprint density at radius 2 is 1.90 bits per heavy atom. The van der Waals surface area contributed by atoms with E-state index >= 15 is 0 Å². The summed E-state index contributed by atoms with van der Waals surface area (Å²) in [5, 5.41) is 6.35. The Balaban J connectivity index is 2.02. The number of carbonyl (C=O) groups is 1. The number of amides is 1. The Bertz CT molecular complexity index is 850. The fraction of sp³-hybridized carbons (Fsp3) is 0.286. The van der Waals surface area contributed by atoms with Crippen LogP contribution >= 0.6 is 22.7 Å². The second kappa shape index (κ2) is 5.16. The monoisotopic (exact) mass is 318 g/mol. The number of nitrogens with one attached hydrogen (secondary N) is 1. The molecule has 0 bridgehead atoms. The zero-order chi connectivity index (χ0) is 15.1. The van der Waals surface area contributed by atoms with Crippen molar-refractivity contribution in [2.24, 2.45) is 0 Å². The number of aromatic nitrogens is 3. The van der Waals surface area contributed by atoms with Crippen molar-refractivity contribution in [2.45, 2.75) is 27.7 Å². The third kappa shape index (κ3) is 2.54. The van der Waals surface area contributed by atoms with Gasteiger partial charge in [0.1, 0.15) is 10.7 Å². The second-order valence-electron chi connectivity index (χ2n) is 4.84. The molecule has 0 saturated heterocycles. The molecule has 3 rings (SSSR count). The third-order valence-electron chi connectivity index (χ3n) is 3.13. The first kappa shape index (κ1) is 14.1. The van der Waals surface area contributed by atoms with Gasteiger partial charge in [0.15, 0.2) is 5.13 Å². The molecule has 0 fully saturated rings. The summed E-state index contributed by atoms with van der Waals surface area (Å²) in [7, 11) is 0. The van der Waals surface area contributed by atoms with Gasteiger partial charge >= 0.3 is 0 Å². The van der Waals surface area contributed by atoms with E-state index in [4.69, 9.17) is 0 Å². The minimum Gasteiger partial charge on any atom is -0.297 e. The molecule has 0 aliphatic rings. The zero-order valence-electron chi connectivity index (χ0n) is 12.1. The van der Waals surface area contributed by atoms with E-state index in [1.807, 2.05) is 33.1 Å². The molecule has 1 amide bonds. The molecule has 1 N–H and O–H groups in total. The predicted octanol–water partition coefficient (Wildman–Crippen LogP) is 3.63. The molecule has 0 unspecified atom stereocenters. The first-order chi connectivity index (χ1) is 9.95. The molecule has 108 valence electrons. The maximum atomic E-state index is 12.4. The highest BCUT2D eigenvalue weighted by Gasteiger charge is 2.19. The molecule has 0 spiro atoms. The summed E-state index contributed by atoms with van der Waals surface area (Å²) in [5.41, 5.74) is 2.74. The van der Waals surface area contributed by atoms with Crippen LogP contribution in [-0.2, 0) is 0 Å². The summed E-state index contributed by atoms with van der Waals surface area (Å²) in [4.78, 5) is 27.0. The first-order valence-electron chi connectivity index (χ1n) is 6.43. The van der Waals surface area contributed by atoms with Crippen LogP contribution in [-0.4, -0.2) is 20.9 Å². The predicted molar refractivity (Wildman–Crippen MR) is 86.4 cm³/mol. The molecule has 0 atom stereocenters. The van der Waals surface area contributed by atoms with E-state index in [2.05, 4.69) is 20.3 Å². The summed E-state index contributed by atoms with van der Waals surface area (Å²) in [6.07, 6.45) is 0. The van der Waals surface area contributed by atoms with Gasteiger partial charge in [0.2, 0.25) is 0 Å². The average Bonchev–Trinajstić information content (AvgIpc) is 2.93. The average molecular weight is 318 g/mol. The molecule has 5 nitrogen and oxygen atoms in total. The number of hydrogen-bond donors (Lipinski definition) is 1. The van der Waals surface area contributed by atoms with Crippen LogP contribution in [0.15, 0.2) is 5.38 Å². The smallest absolute Gasteiger partial charge is 0.267 e. The zero-order valence-corrected chi connectivity index (χ0v) is 13.8. The Morgan fingerprint density at radius 1 is 1.14 bits per heavy atom. The number of fused-ring (bicyclic) bond motifs is 1. The fourth-order valence-electron chi connectivity index (χ4n) is 2.26. The topological polar surface area (TPSA) is 67.8 Å². The van der Waals surface area contributed by atoms with Gasteiger partial charge in [-0.05, 0) is 33.3 Å². The van der Waals surface area contributed by atoms with Crippen LogP contribution in [0.25, 0.3) is 10.2 Å². The van der Waals surface area contributed by atoms with Gasteiger partial charge in [0, 0.05) is 16.5 Å². The van der Waals surface area contributed by atoms with Crippen molar-refractivity contribution in [2.75, 3.05) is 5.32 Å². The molecule has 0 aromatic carbocycles. The second-order valence-corrected chi connectivity index (χ2v) is 6.70. The van der Waals surface area contributed by atoms with Crippen LogP contribution in [0.1, 0.15) is 32.4 Å². The van der Waals surface area contributed by atoms with E-state index < -0.39 is 0 Å². The summed E-state index contributed by atoms with van der Waals surface area (Å²) < 4.78 is 0. The van der Waals surface area contributed by atoms with Crippen LogP contribution in [0.2, 0.25) is 0 Å². The van der Waals surface area contributed by atoms with Crippen LogP contribution in [0.5, 0.6) is 0 Å². The van der Waals surface area contributed by atoms with Gasteiger partial charge in [-0.25, -0.2) is 15.0 Å². The molecule has 0 radical (unpaired) electrons. The van der Waals surface area contributed by atoms with Crippen LogP contribution < -0.4 is 5.32 Å². The number of aryl methyl sites for hydroxylation is 4. The number of hydrogen-bond acceptors (Lipinski definition) is 6. The molecule has 0 saturated carbocycles. The van der Waals surface area contributed by atoms with Crippen molar-refractivity contribution >= 4 is 43.9 Å².